The highest BCUT2D eigenvalue weighted by Gasteiger charge is 2.37. The van der Waals surface area contributed by atoms with E-state index in [1.165, 1.54) is 0 Å². The van der Waals surface area contributed by atoms with Gasteiger partial charge in [0, 0.05) is 17.6 Å². The molecule has 3 amide bonds. The van der Waals surface area contributed by atoms with E-state index < -0.39 is 11.1 Å². The fourth-order valence-corrected chi connectivity index (χ4v) is 4.51. The minimum absolute atomic E-state index is 0.183. The van der Waals surface area contributed by atoms with Gasteiger partial charge < -0.3 is 14.4 Å². The van der Waals surface area contributed by atoms with E-state index in [4.69, 9.17) is 9.47 Å². The van der Waals surface area contributed by atoms with Crippen molar-refractivity contribution in [2.75, 3.05) is 33.4 Å². The van der Waals surface area contributed by atoms with Gasteiger partial charge in [-0.3, -0.25) is 19.3 Å². The highest BCUT2D eigenvalue weighted by Crippen LogP contribution is 2.38. The Kier molecular flexibility index (Phi) is 7.23. The van der Waals surface area contributed by atoms with Gasteiger partial charge in [-0.25, -0.2) is 0 Å². The van der Waals surface area contributed by atoms with E-state index in [-0.39, 0.29) is 17.4 Å². The number of carbonyl (C=O) groups excluding carboxylic acids is 3. The second-order valence-corrected chi connectivity index (χ2v) is 8.51. The molecule has 0 aliphatic carbocycles. The van der Waals surface area contributed by atoms with Gasteiger partial charge in [-0.1, -0.05) is 15.9 Å². The summed E-state index contributed by atoms with van der Waals surface area (Å²) in [5.74, 6) is 0.476. The Morgan fingerprint density at radius 1 is 1.21 bits per heavy atom. The molecule has 2 aliphatic heterocycles. The SMILES string of the molecule is CCOc1cc(/C=C2\SC(=O)N(CC(=O)N3CCCCC3)C2=O)c(Br)cc1OC. The maximum absolute atomic E-state index is 12.8. The monoisotopic (exact) mass is 482 g/mol. The Labute approximate surface area is 182 Å². The predicted molar refractivity (Wildman–Crippen MR) is 115 cm³/mol. The number of thioether (sulfide) groups is 1. The fraction of sp³-hybridized carbons (Fsp3) is 0.450. The summed E-state index contributed by atoms with van der Waals surface area (Å²) >= 11 is 4.30. The minimum atomic E-state index is -0.453. The zero-order valence-corrected chi connectivity index (χ0v) is 18.8. The standard InChI is InChI=1S/C20H23BrN2O5S/c1-3-28-16-9-13(14(21)11-15(16)27-2)10-17-19(25)23(20(26)29-17)12-18(24)22-7-5-4-6-8-22/h9-11H,3-8,12H2,1-2H3/b17-10-. The number of hydrogen-bond acceptors (Lipinski definition) is 6. The molecule has 7 nitrogen and oxygen atoms in total. The first-order chi connectivity index (χ1) is 13.9. The molecule has 1 aromatic carbocycles. The Hall–Kier alpha value is -2.00. The molecular weight excluding hydrogens is 460 g/mol. The van der Waals surface area contributed by atoms with Gasteiger partial charge in [-0.2, -0.15) is 0 Å². The van der Waals surface area contributed by atoms with E-state index in [1.807, 2.05) is 6.92 Å². The molecule has 0 aromatic heterocycles. The number of amides is 3. The summed E-state index contributed by atoms with van der Waals surface area (Å²) in [5, 5.41) is -0.429. The topological polar surface area (TPSA) is 76.2 Å². The number of rotatable bonds is 6. The average molecular weight is 483 g/mol. The Balaban J connectivity index is 1.79. The number of carbonyl (C=O) groups is 3. The first kappa shape index (κ1) is 21.7. The third-order valence-corrected chi connectivity index (χ3v) is 6.34. The molecular formula is C20H23BrN2O5S. The number of nitrogens with zero attached hydrogens (tertiary/aromatic N) is 2. The molecule has 0 radical (unpaired) electrons. The molecule has 2 fully saturated rings. The van der Waals surface area contributed by atoms with E-state index >= 15 is 0 Å². The van der Waals surface area contributed by atoms with Crippen molar-refractivity contribution < 1.29 is 23.9 Å². The molecule has 1 aromatic rings. The van der Waals surface area contributed by atoms with E-state index in [2.05, 4.69) is 15.9 Å². The van der Waals surface area contributed by atoms with Crippen LogP contribution >= 0.6 is 27.7 Å². The van der Waals surface area contributed by atoms with Crippen LogP contribution in [-0.2, 0) is 9.59 Å². The zero-order chi connectivity index (χ0) is 21.0. The summed E-state index contributed by atoms with van der Waals surface area (Å²) in [5.41, 5.74) is 0.683. The van der Waals surface area contributed by atoms with Crippen molar-refractivity contribution >= 4 is 50.8 Å². The number of halogens is 1. The first-order valence-electron chi connectivity index (χ1n) is 9.48. The predicted octanol–water partition coefficient (Wildman–Crippen LogP) is 3.91. The van der Waals surface area contributed by atoms with Gasteiger partial charge in [0.1, 0.15) is 6.54 Å². The number of imide groups is 1. The van der Waals surface area contributed by atoms with Crippen LogP contribution in [0, 0.1) is 0 Å². The van der Waals surface area contributed by atoms with Crippen LogP contribution in [0.4, 0.5) is 4.79 Å². The van der Waals surface area contributed by atoms with Crippen molar-refractivity contribution in [3.05, 3.63) is 27.1 Å². The molecule has 0 N–H and O–H groups in total. The summed E-state index contributed by atoms with van der Waals surface area (Å²) in [4.78, 5) is 40.6. The van der Waals surface area contributed by atoms with Gasteiger partial charge in [-0.05, 0) is 61.7 Å². The van der Waals surface area contributed by atoms with E-state index in [0.29, 0.717) is 41.2 Å². The lowest BCUT2D eigenvalue weighted by Gasteiger charge is -2.27. The van der Waals surface area contributed by atoms with Crippen LogP contribution in [-0.4, -0.2) is 60.2 Å². The summed E-state index contributed by atoms with van der Waals surface area (Å²) < 4.78 is 11.6. The van der Waals surface area contributed by atoms with E-state index in [0.717, 1.165) is 35.9 Å². The van der Waals surface area contributed by atoms with Gasteiger partial charge in [0.2, 0.25) is 5.91 Å². The summed E-state index contributed by atoms with van der Waals surface area (Å²) in [6.45, 7) is 3.49. The Morgan fingerprint density at radius 2 is 1.93 bits per heavy atom. The second-order valence-electron chi connectivity index (χ2n) is 6.67. The second kappa shape index (κ2) is 9.67. The van der Waals surface area contributed by atoms with Gasteiger partial charge in [0.25, 0.3) is 11.1 Å². The highest BCUT2D eigenvalue weighted by molar-refractivity contribution is 9.10. The number of methoxy groups -OCH3 is 1. The van der Waals surface area contributed by atoms with E-state index in [9.17, 15) is 14.4 Å². The number of benzene rings is 1. The molecule has 29 heavy (non-hydrogen) atoms. The number of piperidine rings is 1. The maximum Gasteiger partial charge on any atom is 0.294 e. The van der Waals surface area contributed by atoms with Crippen LogP contribution in [0.1, 0.15) is 31.7 Å². The molecule has 2 aliphatic rings. The van der Waals surface area contributed by atoms with Crippen molar-refractivity contribution in [3.63, 3.8) is 0 Å². The quantitative estimate of drug-likeness (QED) is 0.572. The molecule has 0 saturated carbocycles. The summed E-state index contributed by atoms with van der Waals surface area (Å²) in [7, 11) is 1.55. The molecule has 0 unspecified atom stereocenters. The lowest BCUT2D eigenvalue weighted by atomic mass is 10.1. The molecule has 2 heterocycles. The van der Waals surface area contributed by atoms with Crippen molar-refractivity contribution in [1.29, 1.82) is 0 Å². The van der Waals surface area contributed by atoms with Crippen molar-refractivity contribution in [2.45, 2.75) is 26.2 Å². The molecule has 3 rings (SSSR count). The van der Waals surface area contributed by atoms with Crippen molar-refractivity contribution in [2.24, 2.45) is 0 Å². The van der Waals surface area contributed by atoms with Crippen LogP contribution in [0.3, 0.4) is 0 Å². The molecule has 0 bridgehead atoms. The normalized spacial score (nSPS) is 18.5. The van der Waals surface area contributed by atoms with Gasteiger partial charge >= 0.3 is 0 Å². The number of hydrogen-bond donors (Lipinski definition) is 0. The number of ether oxygens (including phenoxy) is 2. The molecule has 9 heteroatoms. The largest absolute Gasteiger partial charge is 0.493 e. The summed E-state index contributed by atoms with van der Waals surface area (Å²) in [6, 6.07) is 3.50. The minimum Gasteiger partial charge on any atom is -0.493 e. The van der Waals surface area contributed by atoms with Gasteiger partial charge in [-0.15, -0.1) is 0 Å². The fourth-order valence-electron chi connectivity index (χ4n) is 3.25. The molecule has 0 spiro atoms. The molecule has 2 saturated heterocycles. The first-order valence-corrected chi connectivity index (χ1v) is 11.1. The van der Waals surface area contributed by atoms with Crippen LogP contribution in [0.2, 0.25) is 0 Å². The van der Waals surface area contributed by atoms with Crippen molar-refractivity contribution in [3.8, 4) is 11.5 Å². The highest BCUT2D eigenvalue weighted by atomic mass is 79.9. The molecule has 0 atom stereocenters. The van der Waals surface area contributed by atoms with Crippen LogP contribution in [0.15, 0.2) is 21.5 Å². The lowest BCUT2D eigenvalue weighted by molar-refractivity contribution is -0.136. The molecule has 156 valence electrons. The van der Waals surface area contributed by atoms with Crippen LogP contribution in [0.5, 0.6) is 11.5 Å². The third kappa shape index (κ3) is 4.95. The lowest BCUT2D eigenvalue weighted by Crippen LogP contribution is -2.44. The maximum atomic E-state index is 12.8. The zero-order valence-electron chi connectivity index (χ0n) is 16.4. The third-order valence-electron chi connectivity index (χ3n) is 4.75. The van der Waals surface area contributed by atoms with E-state index in [1.54, 1.807) is 30.2 Å². The van der Waals surface area contributed by atoms with Gasteiger partial charge in [0.15, 0.2) is 11.5 Å². The Bertz CT molecular complexity index is 852. The smallest absolute Gasteiger partial charge is 0.294 e. The van der Waals surface area contributed by atoms with Crippen molar-refractivity contribution in [1.82, 2.24) is 9.80 Å². The Morgan fingerprint density at radius 3 is 2.59 bits per heavy atom. The van der Waals surface area contributed by atoms with Crippen LogP contribution in [0.25, 0.3) is 6.08 Å². The van der Waals surface area contributed by atoms with Gasteiger partial charge in [0.05, 0.1) is 18.6 Å². The van der Waals surface area contributed by atoms with Crippen LogP contribution < -0.4 is 9.47 Å². The summed E-state index contributed by atoms with van der Waals surface area (Å²) in [6.07, 6.45) is 4.65. The number of likely N-dealkylation sites (tertiary alicyclic amines) is 1. The average Bonchev–Trinajstić information content (AvgIpc) is 2.98.